The third-order valence-corrected chi connectivity index (χ3v) is 2.47. The number of pyridine rings is 1. The second kappa shape index (κ2) is 5.25. The Balaban J connectivity index is 2.39. The lowest BCUT2D eigenvalue weighted by Crippen LogP contribution is -2.33. The van der Waals surface area contributed by atoms with Gasteiger partial charge in [-0.25, -0.2) is 9.99 Å². The molecule has 0 N–H and O–H groups in total. The molecule has 5 heteroatoms. The van der Waals surface area contributed by atoms with E-state index in [1.165, 1.54) is 6.20 Å². The summed E-state index contributed by atoms with van der Waals surface area (Å²) in [6, 6.07) is 13.5. The first-order valence-electron chi connectivity index (χ1n) is 5.56. The highest BCUT2D eigenvalue weighted by Gasteiger charge is 2.14. The smallest absolute Gasteiger partial charge is 0.258 e. The zero-order chi connectivity index (χ0) is 13.0. The molecular formula is C13H14N5+. The van der Waals surface area contributed by atoms with E-state index in [0.29, 0.717) is 5.69 Å². The average molecular weight is 240 g/mol. The van der Waals surface area contributed by atoms with Gasteiger partial charge in [-0.3, -0.25) is 5.01 Å². The summed E-state index contributed by atoms with van der Waals surface area (Å²) in [6.07, 6.45) is 1.52. The molecule has 0 amide bonds. The fourth-order valence-corrected chi connectivity index (χ4v) is 1.70. The fourth-order valence-electron chi connectivity index (χ4n) is 1.70. The van der Waals surface area contributed by atoms with Crippen molar-refractivity contribution in [2.24, 2.45) is 0 Å². The van der Waals surface area contributed by atoms with Crippen LogP contribution in [0.4, 0.5) is 17.2 Å². The highest BCUT2D eigenvalue weighted by Crippen LogP contribution is 2.25. The van der Waals surface area contributed by atoms with Gasteiger partial charge in [0.25, 0.3) is 0 Å². The summed E-state index contributed by atoms with van der Waals surface area (Å²) in [7, 11) is 3.89. The van der Waals surface area contributed by atoms with Gasteiger partial charge >= 0.3 is 5.69 Å². The van der Waals surface area contributed by atoms with E-state index in [1.807, 2.05) is 60.5 Å². The largest absolute Gasteiger partial charge is 0.403 e. The number of hydrogen-bond acceptors (Lipinski definition) is 4. The van der Waals surface area contributed by atoms with Crippen molar-refractivity contribution in [3.63, 3.8) is 0 Å². The van der Waals surface area contributed by atoms with Gasteiger partial charge in [0.1, 0.15) is 12.0 Å². The number of hydrazine groups is 1. The summed E-state index contributed by atoms with van der Waals surface area (Å²) in [5.41, 5.74) is 1.45. The molecule has 0 aliphatic heterocycles. The van der Waals surface area contributed by atoms with E-state index in [9.17, 15) is 0 Å². The molecule has 18 heavy (non-hydrogen) atoms. The van der Waals surface area contributed by atoms with Gasteiger partial charge in [-0.1, -0.05) is 18.2 Å². The molecule has 0 atom stereocenters. The summed E-state index contributed by atoms with van der Waals surface area (Å²) in [6.45, 7) is 0. The molecule has 0 spiro atoms. The zero-order valence-electron chi connectivity index (χ0n) is 10.4. The van der Waals surface area contributed by atoms with Crippen LogP contribution in [0, 0.1) is 5.39 Å². The molecule has 90 valence electrons. The molecule has 0 aliphatic carbocycles. The molecule has 0 bridgehead atoms. The quantitative estimate of drug-likeness (QED) is 0.610. The van der Waals surface area contributed by atoms with E-state index < -0.39 is 0 Å². The summed E-state index contributed by atoms with van der Waals surface area (Å²) in [5, 5.41) is 12.6. The predicted octanol–water partition coefficient (Wildman–Crippen LogP) is 3.18. The second-order valence-electron chi connectivity index (χ2n) is 3.97. The van der Waals surface area contributed by atoms with Crippen LogP contribution in [0.5, 0.6) is 0 Å². The number of hydrogen-bond donors (Lipinski definition) is 0. The van der Waals surface area contributed by atoms with Gasteiger partial charge in [-0.2, -0.15) is 0 Å². The normalized spacial score (nSPS) is 10.1. The summed E-state index contributed by atoms with van der Waals surface area (Å²) in [5.74, 6) is 0.763. The first-order valence-corrected chi connectivity index (χ1v) is 5.56. The van der Waals surface area contributed by atoms with Crippen LogP contribution in [-0.2, 0) is 0 Å². The van der Waals surface area contributed by atoms with E-state index >= 15 is 0 Å². The van der Waals surface area contributed by atoms with Crippen LogP contribution in [0.2, 0.25) is 0 Å². The fraction of sp³-hybridized carbons (Fsp3) is 0.154. The van der Waals surface area contributed by atoms with Crippen molar-refractivity contribution < 1.29 is 0 Å². The Bertz CT molecular complexity index is 542. The SMILES string of the molecule is CN(C)N(c1ccccc1)c1ccc([N+]#N)cn1. The van der Waals surface area contributed by atoms with Crippen molar-refractivity contribution in [3.05, 3.63) is 53.6 Å². The first-order chi connectivity index (χ1) is 8.72. The van der Waals surface area contributed by atoms with Crippen molar-refractivity contribution in [2.75, 3.05) is 19.1 Å². The van der Waals surface area contributed by atoms with E-state index in [-0.39, 0.29) is 0 Å². The van der Waals surface area contributed by atoms with E-state index in [0.717, 1.165) is 11.5 Å². The number of diazo groups is 1. The highest BCUT2D eigenvalue weighted by atomic mass is 15.6. The van der Waals surface area contributed by atoms with Crippen LogP contribution < -0.4 is 5.01 Å². The van der Waals surface area contributed by atoms with E-state index in [4.69, 9.17) is 5.39 Å². The van der Waals surface area contributed by atoms with Crippen LogP contribution in [0.3, 0.4) is 0 Å². The topological polar surface area (TPSA) is 47.5 Å². The van der Waals surface area contributed by atoms with Gasteiger partial charge in [0.15, 0.2) is 4.98 Å². The Morgan fingerprint density at radius 1 is 1.06 bits per heavy atom. The number of anilines is 2. The lowest BCUT2D eigenvalue weighted by Gasteiger charge is -2.29. The minimum absolute atomic E-state index is 0.436. The molecule has 2 rings (SSSR count). The summed E-state index contributed by atoms with van der Waals surface area (Å²) >= 11 is 0. The molecule has 5 nitrogen and oxygen atoms in total. The maximum Gasteiger partial charge on any atom is 0.403 e. The van der Waals surface area contributed by atoms with Crippen LogP contribution in [0.1, 0.15) is 0 Å². The highest BCUT2D eigenvalue weighted by molar-refractivity contribution is 5.60. The van der Waals surface area contributed by atoms with Crippen LogP contribution in [-0.4, -0.2) is 24.1 Å². The van der Waals surface area contributed by atoms with Crippen molar-refractivity contribution in [2.45, 2.75) is 0 Å². The van der Waals surface area contributed by atoms with Gasteiger partial charge in [0, 0.05) is 20.2 Å². The molecule has 0 saturated heterocycles. The van der Waals surface area contributed by atoms with Crippen LogP contribution >= 0.6 is 0 Å². The monoisotopic (exact) mass is 240 g/mol. The molecule has 0 aliphatic rings. The van der Waals surface area contributed by atoms with Crippen LogP contribution in [0.15, 0.2) is 48.7 Å². The van der Waals surface area contributed by atoms with E-state index in [1.54, 1.807) is 6.07 Å². The third kappa shape index (κ3) is 2.44. The molecule has 1 aromatic heterocycles. The lowest BCUT2D eigenvalue weighted by molar-refractivity contribution is 0.414. The Kier molecular flexibility index (Phi) is 3.51. The number of benzene rings is 1. The summed E-state index contributed by atoms with van der Waals surface area (Å²) in [4.78, 5) is 7.37. The number of nitrogens with zero attached hydrogens (tertiary/aromatic N) is 5. The maximum absolute atomic E-state index is 8.65. The molecule has 0 saturated carbocycles. The van der Waals surface area contributed by atoms with Gasteiger partial charge in [-0.05, 0) is 18.2 Å². The predicted molar refractivity (Wildman–Crippen MR) is 71.2 cm³/mol. The zero-order valence-corrected chi connectivity index (χ0v) is 10.4. The van der Waals surface area contributed by atoms with Crippen molar-refractivity contribution in [3.8, 4) is 0 Å². The second-order valence-corrected chi connectivity index (χ2v) is 3.97. The number of para-hydroxylation sites is 1. The maximum atomic E-state index is 8.65. The first kappa shape index (κ1) is 12.0. The Hall–Kier alpha value is -2.45. The molecule has 0 unspecified atom stereocenters. The van der Waals surface area contributed by atoms with Crippen LogP contribution in [0.25, 0.3) is 4.98 Å². The van der Waals surface area contributed by atoms with Gasteiger partial charge < -0.3 is 0 Å². The van der Waals surface area contributed by atoms with Crippen molar-refractivity contribution in [1.29, 1.82) is 5.39 Å². The van der Waals surface area contributed by atoms with Gasteiger partial charge in [0.2, 0.25) is 5.39 Å². The minimum atomic E-state index is 0.436. The number of aromatic nitrogens is 1. The Morgan fingerprint density at radius 2 is 1.78 bits per heavy atom. The Morgan fingerprint density at radius 3 is 2.28 bits per heavy atom. The van der Waals surface area contributed by atoms with Crippen molar-refractivity contribution >= 4 is 17.2 Å². The number of rotatable bonds is 3. The molecule has 1 aromatic carbocycles. The van der Waals surface area contributed by atoms with Crippen molar-refractivity contribution in [1.82, 2.24) is 9.99 Å². The molecule has 1 heterocycles. The molecule has 0 fully saturated rings. The Labute approximate surface area is 106 Å². The lowest BCUT2D eigenvalue weighted by atomic mass is 10.3. The molecule has 2 aromatic rings. The standard InChI is InChI=1S/C13H14N5/c1-17(2)18(12-6-4-3-5-7-12)13-9-8-11(16-14)10-15-13/h3-10H,1-2H3/q+1. The average Bonchev–Trinajstić information content (AvgIpc) is 2.40. The van der Waals surface area contributed by atoms with E-state index in [2.05, 4.69) is 9.96 Å². The third-order valence-electron chi connectivity index (χ3n) is 2.47. The molecular weight excluding hydrogens is 226 g/mol. The minimum Gasteiger partial charge on any atom is -0.258 e. The van der Waals surface area contributed by atoms with Gasteiger partial charge in [0.05, 0.1) is 5.69 Å². The summed E-state index contributed by atoms with van der Waals surface area (Å²) < 4.78 is 0. The molecule has 0 radical (unpaired) electrons. The van der Waals surface area contributed by atoms with Gasteiger partial charge in [-0.15, -0.1) is 0 Å².